The van der Waals surface area contributed by atoms with Crippen molar-refractivity contribution in [3.63, 3.8) is 0 Å². The first-order valence-electron chi connectivity index (χ1n) is 8.37. The van der Waals surface area contributed by atoms with Gasteiger partial charge in [0.25, 0.3) is 0 Å². The number of nitrogens with zero attached hydrogens (tertiary/aromatic N) is 1. The van der Waals surface area contributed by atoms with Crippen LogP contribution in [0.3, 0.4) is 0 Å². The van der Waals surface area contributed by atoms with Gasteiger partial charge in [-0.3, -0.25) is 4.79 Å². The standard InChI is InChI=1S/C19H27N3O3/c1-18(2,3)25-17(24)21-13-11-16(23)22-19(4,14-20)12-10-15-8-6-5-7-9-15/h5-9H,10-13H2,1-4H3,(H,21,24)(H,22,23)/t19-/m1/s1. The van der Waals surface area contributed by atoms with E-state index in [0.717, 1.165) is 5.56 Å². The summed E-state index contributed by atoms with van der Waals surface area (Å²) < 4.78 is 5.10. The highest BCUT2D eigenvalue weighted by Gasteiger charge is 2.25. The van der Waals surface area contributed by atoms with Crippen LogP contribution in [0.4, 0.5) is 4.79 Å². The summed E-state index contributed by atoms with van der Waals surface area (Å²) in [7, 11) is 0. The molecular weight excluding hydrogens is 318 g/mol. The second kappa shape index (κ2) is 9.07. The van der Waals surface area contributed by atoms with Crippen LogP contribution in [0.2, 0.25) is 0 Å². The molecule has 0 aliphatic heterocycles. The Morgan fingerprint density at radius 1 is 1.16 bits per heavy atom. The molecule has 25 heavy (non-hydrogen) atoms. The van der Waals surface area contributed by atoms with E-state index in [-0.39, 0.29) is 18.9 Å². The Balaban J connectivity index is 2.39. The number of carbonyl (C=O) groups excluding carboxylic acids is 2. The molecule has 0 saturated heterocycles. The number of nitriles is 1. The Labute approximate surface area is 149 Å². The number of amides is 2. The molecular formula is C19H27N3O3. The summed E-state index contributed by atoms with van der Waals surface area (Å²) in [6, 6.07) is 12.0. The normalized spacial score (nSPS) is 13.2. The average Bonchev–Trinajstić information content (AvgIpc) is 2.52. The number of hydrogen-bond donors (Lipinski definition) is 2. The predicted molar refractivity (Wildman–Crippen MR) is 95.8 cm³/mol. The molecule has 0 aromatic heterocycles. The second-order valence-electron chi connectivity index (χ2n) is 7.16. The van der Waals surface area contributed by atoms with Crippen LogP contribution in [-0.2, 0) is 16.0 Å². The lowest BCUT2D eigenvalue weighted by Gasteiger charge is -2.23. The van der Waals surface area contributed by atoms with Gasteiger partial charge in [-0.05, 0) is 46.1 Å². The van der Waals surface area contributed by atoms with Crippen molar-refractivity contribution in [3.05, 3.63) is 35.9 Å². The molecule has 0 spiro atoms. The Hall–Kier alpha value is -2.55. The van der Waals surface area contributed by atoms with Gasteiger partial charge in [0.15, 0.2) is 0 Å². The van der Waals surface area contributed by atoms with Gasteiger partial charge in [0.2, 0.25) is 5.91 Å². The van der Waals surface area contributed by atoms with Crippen LogP contribution in [0.5, 0.6) is 0 Å². The third-order valence-electron chi connectivity index (χ3n) is 3.44. The van der Waals surface area contributed by atoms with Crippen molar-refractivity contribution in [2.45, 2.75) is 58.1 Å². The summed E-state index contributed by atoms with van der Waals surface area (Å²) in [5.74, 6) is -0.284. The van der Waals surface area contributed by atoms with Crippen molar-refractivity contribution >= 4 is 12.0 Å². The van der Waals surface area contributed by atoms with Gasteiger partial charge in [0, 0.05) is 13.0 Å². The Kier molecular flexibility index (Phi) is 7.43. The number of alkyl carbamates (subject to hydrolysis) is 1. The summed E-state index contributed by atoms with van der Waals surface area (Å²) >= 11 is 0. The first-order chi connectivity index (χ1) is 11.6. The quantitative estimate of drug-likeness (QED) is 0.795. The molecule has 136 valence electrons. The smallest absolute Gasteiger partial charge is 0.407 e. The molecule has 6 nitrogen and oxygen atoms in total. The lowest BCUT2D eigenvalue weighted by atomic mass is 9.94. The maximum Gasteiger partial charge on any atom is 0.407 e. The van der Waals surface area contributed by atoms with Crippen LogP contribution < -0.4 is 10.6 Å². The highest BCUT2D eigenvalue weighted by atomic mass is 16.6. The number of aryl methyl sites for hydroxylation is 1. The summed E-state index contributed by atoms with van der Waals surface area (Å²) in [6.45, 7) is 7.16. The monoisotopic (exact) mass is 345 g/mol. The number of hydrogen-bond acceptors (Lipinski definition) is 4. The molecule has 1 aromatic rings. The lowest BCUT2D eigenvalue weighted by Crippen LogP contribution is -2.46. The van der Waals surface area contributed by atoms with Crippen LogP contribution in [0.15, 0.2) is 30.3 Å². The van der Waals surface area contributed by atoms with Crippen LogP contribution in [0, 0.1) is 11.3 Å². The van der Waals surface area contributed by atoms with E-state index >= 15 is 0 Å². The molecule has 0 fully saturated rings. The van der Waals surface area contributed by atoms with Gasteiger partial charge in [0.1, 0.15) is 11.1 Å². The topological polar surface area (TPSA) is 91.2 Å². The van der Waals surface area contributed by atoms with Gasteiger partial charge in [0.05, 0.1) is 6.07 Å². The Morgan fingerprint density at radius 2 is 1.80 bits per heavy atom. The third kappa shape index (κ3) is 8.75. The Morgan fingerprint density at radius 3 is 2.36 bits per heavy atom. The zero-order chi connectivity index (χ0) is 18.9. The number of rotatable bonds is 7. The number of benzene rings is 1. The lowest BCUT2D eigenvalue weighted by molar-refractivity contribution is -0.122. The van der Waals surface area contributed by atoms with Crippen molar-refractivity contribution in [1.82, 2.24) is 10.6 Å². The minimum absolute atomic E-state index is 0.0852. The molecule has 6 heteroatoms. The fourth-order valence-electron chi connectivity index (χ4n) is 2.15. The van der Waals surface area contributed by atoms with Gasteiger partial charge < -0.3 is 15.4 Å². The van der Waals surface area contributed by atoms with E-state index in [4.69, 9.17) is 4.74 Å². The first-order valence-corrected chi connectivity index (χ1v) is 8.37. The van der Waals surface area contributed by atoms with E-state index < -0.39 is 17.2 Å². The van der Waals surface area contributed by atoms with Crippen molar-refractivity contribution in [1.29, 1.82) is 5.26 Å². The fraction of sp³-hybridized carbons (Fsp3) is 0.526. The maximum absolute atomic E-state index is 12.0. The van der Waals surface area contributed by atoms with Crippen molar-refractivity contribution in [2.24, 2.45) is 0 Å². The van der Waals surface area contributed by atoms with Crippen molar-refractivity contribution in [3.8, 4) is 6.07 Å². The van der Waals surface area contributed by atoms with E-state index in [1.165, 1.54) is 0 Å². The molecule has 1 atom stereocenters. The summed E-state index contributed by atoms with van der Waals surface area (Å²) in [5, 5.41) is 14.7. The summed E-state index contributed by atoms with van der Waals surface area (Å²) in [4.78, 5) is 23.6. The minimum atomic E-state index is -0.946. The molecule has 0 aliphatic carbocycles. The zero-order valence-electron chi connectivity index (χ0n) is 15.4. The highest BCUT2D eigenvalue weighted by molar-refractivity contribution is 5.78. The molecule has 0 radical (unpaired) electrons. The molecule has 0 aliphatic rings. The van der Waals surface area contributed by atoms with E-state index in [1.807, 2.05) is 30.3 Å². The van der Waals surface area contributed by atoms with E-state index in [0.29, 0.717) is 12.8 Å². The largest absolute Gasteiger partial charge is 0.444 e. The molecule has 0 bridgehead atoms. The summed E-state index contributed by atoms with van der Waals surface area (Å²) in [5.41, 5.74) is -0.410. The van der Waals surface area contributed by atoms with Crippen LogP contribution in [0.25, 0.3) is 0 Å². The number of carbonyl (C=O) groups is 2. The highest BCUT2D eigenvalue weighted by Crippen LogP contribution is 2.14. The third-order valence-corrected chi connectivity index (χ3v) is 3.44. The van der Waals surface area contributed by atoms with Gasteiger partial charge in [-0.25, -0.2) is 4.79 Å². The second-order valence-corrected chi connectivity index (χ2v) is 7.16. The predicted octanol–water partition coefficient (Wildman–Crippen LogP) is 2.93. The minimum Gasteiger partial charge on any atom is -0.444 e. The fourth-order valence-corrected chi connectivity index (χ4v) is 2.15. The van der Waals surface area contributed by atoms with E-state index in [9.17, 15) is 14.9 Å². The maximum atomic E-state index is 12.0. The van der Waals surface area contributed by atoms with Crippen LogP contribution in [0.1, 0.15) is 46.1 Å². The molecule has 0 saturated carbocycles. The molecule has 2 N–H and O–H groups in total. The zero-order valence-corrected chi connectivity index (χ0v) is 15.4. The molecule has 1 aromatic carbocycles. The Bertz CT molecular complexity index is 617. The summed E-state index contributed by atoms with van der Waals surface area (Å²) in [6.07, 6.45) is 0.731. The molecule has 0 unspecified atom stereocenters. The van der Waals surface area contributed by atoms with Crippen LogP contribution in [-0.4, -0.2) is 29.7 Å². The number of ether oxygens (including phenoxy) is 1. The first kappa shape index (κ1) is 20.5. The number of nitrogens with one attached hydrogen (secondary N) is 2. The molecule has 1 rings (SSSR count). The average molecular weight is 345 g/mol. The van der Waals surface area contributed by atoms with Crippen LogP contribution >= 0.6 is 0 Å². The van der Waals surface area contributed by atoms with E-state index in [2.05, 4.69) is 16.7 Å². The SMILES string of the molecule is CC(C)(C)OC(=O)NCCC(=O)N[C@@](C)(C#N)CCc1ccccc1. The van der Waals surface area contributed by atoms with Gasteiger partial charge >= 0.3 is 6.09 Å². The molecule has 0 heterocycles. The van der Waals surface area contributed by atoms with Gasteiger partial charge in [-0.1, -0.05) is 30.3 Å². The van der Waals surface area contributed by atoms with E-state index in [1.54, 1.807) is 27.7 Å². The van der Waals surface area contributed by atoms with Crippen molar-refractivity contribution < 1.29 is 14.3 Å². The van der Waals surface area contributed by atoms with Gasteiger partial charge in [-0.2, -0.15) is 5.26 Å². The molecule has 2 amide bonds. The van der Waals surface area contributed by atoms with Crippen molar-refractivity contribution in [2.75, 3.05) is 6.54 Å². The van der Waals surface area contributed by atoms with Gasteiger partial charge in [-0.15, -0.1) is 0 Å².